The van der Waals surface area contributed by atoms with Crippen molar-refractivity contribution in [1.82, 2.24) is 0 Å². The minimum atomic E-state index is 1.13. The Labute approximate surface area is 189 Å². The molecule has 1 heteroatoms. The summed E-state index contributed by atoms with van der Waals surface area (Å²) < 4.78 is 2.33. The van der Waals surface area contributed by atoms with Crippen LogP contribution >= 0.6 is 0 Å². The number of pyridine rings is 1. The van der Waals surface area contributed by atoms with Gasteiger partial charge in [-0.05, 0) is 34.9 Å². The summed E-state index contributed by atoms with van der Waals surface area (Å²) in [6.45, 7) is 0. The summed E-state index contributed by atoms with van der Waals surface area (Å²) in [6.07, 6.45) is 4.39. The molecule has 0 saturated heterocycles. The van der Waals surface area contributed by atoms with E-state index in [1.165, 1.54) is 22.3 Å². The number of hydrogen-bond acceptors (Lipinski definition) is 0. The van der Waals surface area contributed by atoms with Crippen molar-refractivity contribution < 1.29 is 4.57 Å². The summed E-state index contributed by atoms with van der Waals surface area (Å²) in [4.78, 5) is 0. The van der Waals surface area contributed by atoms with Gasteiger partial charge in [0.2, 0.25) is 17.1 Å². The molecule has 0 amide bonds. The summed E-state index contributed by atoms with van der Waals surface area (Å²) in [7, 11) is 0. The van der Waals surface area contributed by atoms with Gasteiger partial charge in [-0.2, -0.15) is 4.57 Å². The van der Waals surface area contributed by atoms with Gasteiger partial charge in [0.25, 0.3) is 0 Å². The van der Waals surface area contributed by atoms with Gasteiger partial charge < -0.3 is 0 Å². The number of rotatable bonds is 5. The molecule has 0 unspecified atom stereocenters. The molecule has 0 fully saturated rings. The van der Waals surface area contributed by atoms with Crippen molar-refractivity contribution in [2.75, 3.05) is 0 Å². The molecule has 5 aromatic rings. The lowest BCUT2D eigenvalue weighted by atomic mass is 10.0. The lowest BCUT2D eigenvalue weighted by Gasteiger charge is -2.10. The smallest absolute Gasteiger partial charge is 0.153 e. The molecule has 0 atom stereocenters. The van der Waals surface area contributed by atoms with Crippen molar-refractivity contribution in [3.63, 3.8) is 0 Å². The van der Waals surface area contributed by atoms with Crippen LogP contribution < -0.4 is 4.57 Å². The van der Waals surface area contributed by atoms with E-state index in [0.29, 0.717) is 0 Å². The normalized spacial score (nSPS) is 11.0. The van der Waals surface area contributed by atoms with Gasteiger partial charge in [0.1, 0.15) is 0 Å². The van der Waals surface area contributed by atoms with Crippen LogP contribution in [0.1, 0.15) is 11.3 Å². The number of hydrogen-bond donors (Lipinski definition) is 0. The predicted molar refractivity (Wildman–Crippen MR) is 134 cm³/mol. The Bertz CT molecular complexity index is 1320. The van der Waals surface area contributed by atoms with Crippen molar-refractivity contribution in [2.24, 2.45) is 0 Å². The fourth-order valence-corrected chi connectivity index (χ4v) is 3.97. The van der Waals surface area contributed by atoms with Crippen LogP contribution in [0.4, 0.5) is 0 Å². The second-order valence-corrected chi connectivity index (χ2v) is 7.70. The molecule has 0 aliphatic carbocycles. The monoisotopic (exact) mass is 410 g/mol. The van der Waals surface area contributed by atoms with Crippen LogP contribution in [0.25, 0.3) is 40.2 Å². The first-order valence-electron chi connectivity index (χ1n) is 10.9. The molecule has 1 aromatic heterocycles. The first kappa shape index (κ1) is 19.7. The molecule has 0 bridgehead atoms. The third-order valence-electron chi connectivity index (χ3n) is 5.53. The maximum atomic E-state index is 2.33. The van der Waals surface area contributed by atoms with Gasteiger partial charge in [-0.1, -0.05) is 97.1 Å². The van der Waals surface area contributed by atoms with E-state index in [0.717, 1.165) is 17.1 Å². The maximum Gasteiger partial charge on any atom is 0.219 e. The second kappa shape index (κ2) is 9.28. The Morgan fingerprint density at radius 3 is 1.59 bits per heavy atom. The zero-order chi connectivity index (χ0) is 21.6. The van der Waals surface area contributed by atoms with Crippen molar-refractivity contribution in [3.05, 3.63) is 145 Å². The Morgan fingerprint density at radius 2 is 0.969 bits per heavy atom. The van der Waals surface area contributed by atoms with Crippen LogP contribution in [0, 0.1) is 0 Å². The maximum absolute atomic E-state index is 2.33. The largest absolute Gasteiger partial charge is 0.219 e. The van der Waals surface area contributed by atoms with Gasteiger partial charge in [0.05, 0.1) is 0 Å². The van der Waals surface area contributed by atoms with Crippen LogP contribution in [0.5, 0.6) is 0 Å². The first-order valence-corrected chi connectivity index (χ1v) is 10.9. The highest BCUT2D eigenvalue weighted by molar-refractivity contribution is 5.74. The van der Waals surface area contributed by atoms with Crippen molar-refractivity contribution in [1.29, 1.82) is 0 Å². The molecule has 1 nitrogen and oxygen atoms in total. The highest BCUT2D eigenvalue weighted by Crippen LogP contribution is 2.27. The summed E-state index contributed by atoms with van der Waals surface area (Å²) >= 11 is 0. The summed E-state index contributed by atoms with van der Waals surface area (Å²) in [5.41, 5.74) is 8.19. The molecule has 0 saturated carbocycles. The lowest BCUT2D eigenvalue weighted by Crippen LogP contribution is -2.37. The molecule has 0 aliphatic rings. The molecule has 1 heterocycles. The highest BCUT2D eigenvalue weighted by atomic mass is 15.0. The molecule has 0 radical (unpaired) electrons. The fourth-order valence-electron chi connectivity index (χ4n) is 3.97. The van der Waals surface area contributed by atoms with E-state index >= 15 is 0 Å². The van der Waals surface area contributed by atoms with Crippen LogP contribution in [0.2, 0.25) is 0 Å². The van der Waals surface area contributed by atoms with Gasteiger partial charge in [0, 0.05) is 35.9 Å². The van der Waals surface area contributed by atoms with Gasteiger partial charge in [-0.25, -0.2) is 0 Å². The SMILES string of the molecule is C(=Cc1cc(-c2ccccc2)cc(-c2ccccc2)[n+]1-c1ccccc1)c1ccccc1. The molecule has 32 heavy (non-hydrogen) atoms. The fraction of sp³-hybridized carbons (Fsp3) is 0. The molecular weight excluding hydrogens is 386 g/mol. The van der Waals surface area contributed by atoms with E-state index in [2.05, 4.69) is 144 Å². The van der Waals surface area contributed by atoms with Gasteiger partial charge in [0.15, 0.2) is 0 Å². The van der Waals surface area contributed by atoms with E-state index in [-0.39, 0.29) is 0 Å². The Morgan fingerprint density at radius 1 is 0.438 bits per heavy atom. The summed E-state index contributed by atoms with van der Waals surface area (Å²) in [5.74, 6) is 0. The van der Waals surface area contributed by atoms with E-state index in [1.54, 1.807) is 0 Å². The summed E-state index contributed by atoms with van der Waals surface area (Å²) in [6, 6.07) is 46.8. The van der Waals surface area contributed by atoms with Crippen molar-refractivity contribution in [3.8, 4) is 28.1 Å². The predicted octanol–water partition coefficient (Wildman–Crippen LogP) is 7.47. The molecule has 5 rings (SSSR count). The van der Waals surface area contributed by atoms with E-state index < -0.39 is 0 Å². The molecular formula is C31H24N+. The summed E-state index contributed by atoms with van der Waals surface area (Å²) in [5, 5.41) is 0. The number of nitrogens with zero attached hydrogens (tertiary/aromatic N) is 1. The van der Waals surface area contributed by atoms with Crippen molar-refractivity contribution >= 4 is 12.2 Å². The zero-order valence-corrected chi connectivity index (χ0v) is 17.8. The minimum Gasteiger partial charge on any atom is -0.153 e. The molecule has 152 valence electrons. The molecule has 4 aromatic carbocycles. The Hall–Kier alpha value is -4.23. The van der Waals surface area contributed by atoms with Crippen LogP contribution in [0.15, 0.2) is 133 Å². The van der Waals surface area contributed by atoms with E-state index in [9.17, 15) is 0 Å². The van der Waals surface area contributed by atoms with Crippen LogP contribution in [0.3, 0.4) is 0 Å². The zero-order valence-electron chi connectivity index (χ0n) is 17.8. The molecule has 0 spiro atoms. The van der Waals surface area contributed by atoms with Gasteiger partial charge in [-0.3, -0.25) is 0 Å². The minimum absolute atomic E-state index is 1.13. The van der Waals surface area contributed by atoms with Crippen LogP contribution in [-0.4, -0.2) is 0 Å². The van der Waals surface area contributed by atoms with Crippen molar-refractivity contribution in [2.45, 2.75) is 0 Å². The standard InChI is InChI=1S/C31H24N/c1-5-13-25(14-6-1)21-22-30-23-28(26-15-7-2-8-16-26)24-31(27-17-9-3-10-18-27)32(30)29-19-11-4-12-20-29/h1-24H/q+1. The van der Waals surface area contributed by atoms with E-state index in [1.807, 2.05) is 6.07 Å². The third-order valence-corrected chi connectivity index (χ3v) is 5.53. The number of para-hydroxylation sites is 1. The lowest BCUT2D eigenvalue weighted by molar-refractivity contribution is -0.585. The topological polar surface area (TPSA) is 3.88 Å². The van der Waals surface area contributed by atoms with Gasteiger partial charge in [-0.15, -0.1) is 0 Å². The average Bonchev–Trinajstić information content (AvgIpc) is 2.89. The molecule has 0 aliphatic heterocycles. The average molecular weight is 411 g/mol. The number of benzene rings is 4. The Kier molecular flexibility index (Phi) is 5.72. The number of aromatic nitrogens is 1. The second-order valence-electron chi connectivity index (χ2n) is 7.70. The highest BCUT2D eigenvalue weighted by Gasteiger charge is 2.22. The van der Waals surface area contributed by atoms with Crippen LogP contribution in [-0.2, 0) is 0 Å². The van der Waals surface area contributed by atoms with E-state index in [4.69, 9.17) is 0 Å². The third kappa shape index (κ3) is 4.28. The quantitative estimate of drug-likeness (QED) is 0.265. The van der Waals surface area contributed by atoms with Gasteiger partial charge >= 0.3 is 0 Å². The molecule has 0 N–H and O–H groups in total. The Balaban J connectivity index is 1.78. The first-order chi connectivity index (χ1) is 15.9.